The SMILES string of the molecule is CC1(C(=O)N2CCCN(CCCN)CC2)CCCO1. The second-order valence-electron chi connectivity index (χ2n) is 5.81. The molecular weight excluding hydrogens is 242 g/mol. The average molecular weight is 269 g/mol. The minimum absolute atomic E-state index is 0.186. The molecule has 5 heteroatoms. The third-order valence-electron chi connectivity index (χ3n) is 4.23. The number of nitrogens with two attached hydrogens (primary N) is 1. The summed E-state index contributed by atoms with van der Waals surface area (Å²) in [6.07, 6.45) is 3.94. The van der Waals surface area contributed by atoms with E-state index < -0.39 is 5.60 Å². The zero-order chi connectivity index (χ0) is 13.7. The Morgan fingerprint density at radius 3 is 2.79 bits per heavy atom. The van der Waals surface area contributed by atoms with Gasteiger partial charge < -0.3 is 20.3 Å². The minimum Gasteiger partial charge on any atom is -0.365 e. The van der Waals surface area contributed by atoms with Gasteiger partial charge in [0.15, 0.2) is 0 Å². The smallest absolute Gasteiger partial charge is 0.254 e. The van der Waals surface area contributed by atoms with E-state index in [-0.39, 0.29) is 5.91 Å². The van der Waals surface area contributed by atoms with Crippen LogP contribution in [0.1, 0.15) is 32.6 Å². The van der Waals surface area contributed by atoms with Crippen LogP contribution in [0.5, 0.6) is 0 Å². The van der Waals surface area contributed by atoms with Gasteiger partial charge in [0, 0.05) is 26.2 Å². The van der Waals surface area contributed by atoms with E-state index >= 15 is 0 Å². The molecule has 5 nitrogen and oxygen atoms in total. The van der Waals surface area contributed by atoms with Crippen LogP contribution in [0, 0.1) is 0 Å². The number of rotatable bonds is 4. The van der Waals surface area contributed by atoms with Gasteiger partial charge in [0.05, 0.1) is 0 Å². The van der Waals surface area contributed by atoms with Crippen LogP contribution in [0.3, 0.4) is 0 Å². The van der Waals surface area contributed by atoms with Crippen molar-refractivity contribution in [2.24, 2.45) is 5.73 Å². The van der Waals surface area contributed by atoms with Crippen LogP contribution in [-0.4, -0.2) is 67.2 Å². The topological polar surface area (TPSA) is 58.8 Å². The largest absolute Gasteiger partial charge is 0.365 e. The molecule has 2 aliphatic rings. The molecule has 0 aromatic carbocycles. The summed E-state index contributed by atoms with van der Waals surface area (Å²) in [6, 6.07) is 0. The Bertz CT molecular complexity index is 303. The van der Waals surface area contributed by atoms with Crippen molar-refractivity contribution in [2.75, 3.05) is 45.9 Å². The first-order chi connectivity index (χ1) is 9.15. The lowest BCUT2D eigenvalue weighted by atomic mass is 10.0. The van der Waals surface area contributed by atoms with Gasteiger partial charge in [0.2, 0.25) is 0 Å². The minimum atomic E-state index is -0.563. The van der Waals surface area contributed by atoms with Crippen molar-refractivity contribution in [3.05, 3.63) is 0 Å². The van der Waals surface area contributed by atoms with Crippen LogP contribution >= 0.6 is 0 Å². The number of carbonyl (C=O) groups excluding carboxylic acids is 1. The molecule has 2 aliphatic heterocycles. The lowest BCUT2D eigenvalue weighted by Gasteiger charge is -2.30. The van der Waals surface area contributed by atoms with Crippen molar-refractivity contribution in [1.29, 1.82) is 0 Å². The lowest BCUT2D eigenvalue weighted by molar-refractivity contribution is -0.150. The van der Waals surface area contributed by atoms with Crippen LogP contribution < -0.4 is 5.73 Å². The fourth-order valence-electron chi connectivity index (χ4n) is 2.99. The van der Waals surface area contributed by atoms with Crippen LogP contribution in [-0.2, 0) is 9.53 Å². The normalized spacial score (nSPS) is 29.5. The Balaban J connectivity index is 1.86. The van der Waals surface area contributed by atoms with E-state index in [9.17, 15) is 4.79 Å². The summed E-state index contributed by atoms with van der Waals surface area (Å²) in [7, 11) is 0. The maximum Gasteiger partial charge on any atom is 0.254 e. The molecule has 0 radical (unpaired) electrons. The highest BCUT2D eigenvalue weighted by atomic mass is 16.5. The summed E-state index contributed by atoms with van der Waals surface area (Å²) in [5.41, 5.74) is 4.99. The van der Waals surface area contributed by atoms with Gasteiger partial charge in [-0.2, -0.15) is 0 Å². The Morgan fingerprint density at radius 2 is 2.11 bits per heavy atom. The molecule has 2 N–H and O–H groups in total. The molecule has 0 aromatic heterocycles. The van der Waals surface area contributed by atoms with E-state index in [1.165, 1.54) is 0 Å². The quantitative estimate of drug-likeness (QED) is 0.804. The molecule has 2 rings (SSSR count). The van der Waals surface area contributed by atoms with Crippen molar-refractivity contribution in [3.63, 3.8) is 0 Å². The van der Waals surface area contributed by atoms with Crippen LogP contribution in [0.25, 0.3) is 0 Å². The van der Waals surface area contributed by atoms with Gasteiger partial charge in [-0.1, -0.05) is 0 Å². The maximum atomic E-state index is 12.6. The van der Waals surface area contributed by atoms with E-state index in [1.54, 1.807) is 0 Å². The zero-order valence-electron chi connectivity index (χ0n) is 12.1. The second-order valence-corrected chi connectivity index (χ2v) is 5.81. The van der Waals surface area contributed by atoms with Crippen LogP contribution in [0.15, 0.2) is 0 Å². The third kappa shape index (κ3) is 3.68. The molecule has 0 bridgehead atoms. The van der Waals surface area contributed by atoms with Gasteiger partial charge in [-0.3, -0.25) is 4.79 Å². The summed E-state index contributed by atoms with van der Waals surface area (Å²) < 4.78 is 5.67. The van der Waals surface area contributed by atoms with Crippen molar-refractivity contribution in [1.82, 2.24) is 9.80 Å². The first-order valence-corrected chi connectivity index (χ1v) is 7.51. The molecule has 19 heavy (non-hydrogen) atoms. The Kier molecular flexibility index (Phi) is 5.19. The molecule has 0 spiro atoms. The highest BCUT2D eigenvalue weighted by Gasteiger charge is 2.40. The predicted octanol–water partition coefficient (Wildman–Crippen LogP) is 0.439. The number of nitrogens with zero attached hydrogens (tertiary/aromatic N) is 2. The van der Waals surface area contributed by atoms with E-state index in [0.29, 0.717) is 0 Å². The molecule has 2 heterocycles. The molecule has 0 saturated carbocycles. The standard InChI is InChI=1S/C14H27N3O2/c1-14(5-2-12-19-14)13(18)17-9-4-8-16(10-11-17)7-3-6-15/h2-12,15H2,1H3. The molecule has 1 unspecified atom stereocenters. The van der Waals surface area contributed by atoms with Gasteiger partial charge in [-0.15, -0.1) is 0 Å². The molecular formula is C14H27N3O2. The van der Waals surface area contributed by atoms with Crippen molar-refractivity contribution in [3.8, 4) is 0 Å². The average Bonchev–Trinajstić information content (AvgIpc) is 2.73. The Labute approximate surface area is 116 Å². The monoisotopic (exact) mass is 269 g/mol. The lowest BCUT2D eigenvalue weighted by Crippen LogP contribution is -2.48. The summed E-state index contributed by atoms with van der Waals surface area (Å²) in [5, 5.41) is 0. The number of carbonyl (C=O) groups is 1. The molecule has 1 atom stereocenters. The number of hydrogen-bond acceptors (Lipinski definition) is 4. The summed E-state index contributed by atoms with van der Waals surface area (Å²) in [4.78, 5) is 17.0. The highest BCUT2D eigenvalue weighted by molar-refractivity contribution is 5.85. The fourth-order valence-corrected chi connectivity index (χ4v) is 2.99. The van der Waals surface area contributed by atoms with E-state index in [0.717, 1.165) is 71.6 Å². The van der Waals surface area contributed by atoms with Gasteiger partial charge in [-0.25, -0.2) is 0 Å². The van der Waals surface area contributed by atoms with Crippen LogP contribution in [0.2, 0.25) is 0 Å². The first-order valence-electron chi connectivity index (χ1n) is 7.51. The predicted molar refractivity (Wildman–Crippen MR) is 74.9 cm³/mol. The third-order valence-corrected chi connectivity index (χ3v) is 4.23. The second kappa shape index (κ2) is 6.68. The molecule has 2 fully saturated rings. The molecule has 0 aliphatic carbocycles. The van der Waals surface area contributed by atoms with Gasteiger partial charge in [-0.05, 0) is 52.2 Å². The molecule has 1 amide bonds. The Hall–Kier alpha value is -0.650. The van der Waals surface area contributed by atoms with Gasteiger partial charge in [0.25, 0.3) is 5.91 Å². The molecule has 110 valence electrons. The highest BCUT2D eigenvalue weighted by Crippen LogP contribution is 2.27. The summed E-state index contributed by atoms with van der Waals surface area (Å²) in [6.45, 7) is 8.16. The summed E-state index contributed by atoms with van der Waals surface area (Å²) >= 11 is 0. The molecule has 0 aromatic rings. The number of hydrogen-bond donors (Lipinski definition) is 1. The van der Waals surface area contributed by atoms with E-state index in [4.69, 9.17) is 10.5 Å². The van der Waals surface area contributed by atoms with E-state index in [2.05, 4.69) is 4.90 Å². The Morgan fingerprint density at radius 1 is 1.26 bits per heavy atom. The number of ether oxygens (including phenoxy) is 1. The van der Waals surface area contributed by atoms with E-state index in [1.807, 2.05) is 11.8 Å². The summed E-state index contributed by atoms with van der Waals surface area (Å²) in [5.74, 6) is 0.186. The number of amides is 1. The van der Waals surface area contributed by atoms with Crippen molar-refractivity contribution in [2.45, 2.75) is 38.2 Å². The first kappa shape index (κ1) is 14.8. The zero-order valence-corrected chi connectivity index (χ0v) is 12.1. The van der Waals surface area contributed by atoms with Crippen LogP contribution in [0.4, 0.5) is 0 Å². The maximum absolute atomic E-state index is 12.6. The molecule has 2 saturated heterocycles. The van der Waals surface area contributed by atoms with Gasteiger partial charge >= 0.3 is 0 Å². The van der Waals surface area contributed by atoms with Crippen molar-refractivity contribution >= 4 is 5.91 Å². The van der Waals surface area contributed by atoms with Gasteiger partial charge in [0.1, 0.15) is 5.60 Å². The van der Waals surface area contributed by atoms with Crippen molar-refractivity contribution < 1.29 is 9.53 Å². The fraction of sp³-hybridized carbons (Fsp3) is 0.929.